The maximum absolute atomic E-state index is 12.1. The summed E-state index contributed by atoms with van der Waals surface area (Å²) in [4.78, 5) is 12.2. The number of sulfone groups is 1. The normalized spacial score (nSPS) is 16.2. The van der Waals surface area contributed by atoms with E-state index in [1.54, 1.807) is 12.1 Å². The van der Waals surface area contributed by atoms with E-state index in [0.29, 0.717) is 5.56 Å². The standard InChI is InChI=1S/C13H18N2O3S.ClH/c1-19(17,18)12-4-2-3-10(9-12)13(16)15-11-5-7-14-8-6-11;/h2-4,9,11,14H,5-8H2,1H3,(H,15,16);1H. The van der Waals surface area contributed by atoms with Gasteiger partial charge in [0.2, 0.25) is 0 Å². The van der Waals surface area contributed by atoms with Crippen LogP contribution in [0.1, 0.15) is 23.2 Å². The minimum atomic E-state index is -3.28. The van der Waals surface area contributed by atoms with Gasteiger partial charge >= 0.3 is 0 Å². The number of benzene rings is 1. The number of amides is 1. The van der Waals surface area contributed by atoms with Crippen molar-refractivity contribution in [3.05, 3.63) is 29.8 Å². The van der Waals surface area contributed by atoms with Crippen molar-refractivity contribution < 1.29 is 13.2 Å². The molecule has 0 spiro atoms. The highest BCUT2D eigenvalue weighted by Crippen LogP contribution is 2.12. The average Bonchev–Trinajstić information content (AvgIpc) is 2.39. The molecule has 0 unspecified atom stereocenters. The lowest BCUT2D eigenvalue weighted by atomic mass is 10.1. The van der Waals surface area contributed by atoms with Crippen LogP contribution in [0.2, 0.25) is 0 Å². The fraction of sp³-hybridized carbons (Fsp3) is 0.462. The predicted molar refractivity (Wildman–Crippen MR) is 80.2 cm³/mol. The third kappa shape index (κ3) is 4.47. The van der Waals surface area contributed by atoms with E-state index >= 15 is 0 Å². The molecule has 0 bridgehead atoms. The predicted octanol–water partition coefficient (Wildman–Crippen LogP) is 0.994. The third-order valence-corrected chi connectivity index (χ3v) is 4.31. The molecule has 0 aromatic heterocycles. The van der Waals surface area contributed by atoms with Gasteiger partial charge in [-0.1, -0.05) is 6.07 Å². The number of carbonyl (C=O) groups excluding carboxylic acids is 1. The summed E-state index contributed by atoms with van der Waals surface area (Å²) in [7, 11) is -3.28. The van der Waals surface area contributed by atoms with Crippen molar-refractivity contribution in [3.63, 3.8) is 0 Å². The second-order valence-electron chi connectivity index (χ2n) is 4.80. The third-order valence-electron chi connectivity index (χ3n) is 3.20. The molecule has 112 valence electrons. The minimum absolute atomic E-state index is 0. The molecule has 1 aliphatic heterocycles. The summed E-state index contributed by atoms with van der Waals surface area (Å²) < 4.78 is 22.9. The van der Waals surface area contributed by atoms with Crippen LogP contribution in [-0.4, -0.2) is 39.7 Å². The van der Waals surface area contributed by atoms with Gasteiger partial charge in [0.15, 0.2) is 9.84 Å². The maximum atomic E-state index is 12.1. The van der Waals surface area contributed by atoms with Crippen molar-refractivity contribution in [1.29, 1.82) is 0 Å². The summed E-state index contributed by atoms with van der Waals surface area (Å²) in [5, 5.41) is 6.17. The second-order valence-corrected chi connectivity index (χ2v) is 6.81. The molecule has 1 amide bonds. The van der Waals surface area contributed by atoms with Crippen LogP contribution >= 0.6 is 12.4 Å². The molecule has 1 aliphatic rings. The molecule has 1 aromatic rings. The fourth-order valence-electron chi connectivity index (χ4n) is 2.10. The Balaban J connectivity index is 0.00000200. The maximum Gasteiger partial charge on any atom is 0.251 e. The fourth-order valence-corrected chi connectivity index (χ4v) is 2.77. The van der Waals surface area contributed by atoms with E-state index in [0.717, 1.165) is 32.2 Å². The molecule has 2 rings (SSSR count). The van der Waals surface area contributed by atoms with Crippen molar-refractivity contribution in [3.8, 4) is 0 Å². The molecule has 1 aromatic carbocycles. The van der Waals surface area contributed by atoms with Gasteiger partial charge in [-0.15, -0.1) is 12.4 Å². The Kier molecular flexibility index (Phi) is 5.98. The molecule has 1 saturated heterocycles. The topological polar surface area (TPSA) is 75.3 Å². The highest BCUT2D eigenvalue weighted by Gasteiger charge is 2.17. The number of carbonyl (C=O) groups is 1. The molecule has 0 saturated carbocycles. The highest BCUT2D eigenvalue weighted by atomic mass is 35.5. The Hall–Kier alpha value is -1.11. The Labute approximate surface area is 125 Å². The van der Waals surface area contributed by atoms with E-state index in [9.17, 15) is 13.2 Å². The molecule has 5 nitrogen and oxygen atoms in total. The van der Waals surface area contributed by atoms with Crippen LogP contribution < -0.4 is 10.6 Å². The highest BCUT2D eigenvalue weighted by molar-refractivity contribution is 7.90. The van der Waals surface area contributed by atoms with E-state index in [4.69, 9.17) is 0 Å². The van der Waals surface area contributed by atoms with Gasteiger partial charge in [0.1, 0.15) is 0 Å². The van der Waals surface area contributed by atoms with Crippen molar-refractivity contribution >= 4 is 28.2 Å². The molecule has 1 heterocycles. The number of hydrogen-bond acceptors (Lipinski definition) is 4. The summed E-state index contributed by atoms with van der Waals surface area (Å²) in [5.74, 6) is -0.211. The van der Waals surface area contributed by atoms with Crippen LogP contribution in [-0.2, 0) is 9.84 Å². The number of piperidine rings is 1. The van der Waals surface area contributed by atoms with Crippen LogP contribution in [0, 0.1) is 0 Å². The zero-order valence-electron chi connectivity index (χ0n) is 11.3. The minimum Gasteiger partial charge on any atom is -0.349 e. The van der Waals surface area contributed by atoms with Crippen molar-refractivity contribution in [1.82, 2.24) is 10.6 Å². The Morgan fingerprint density at radius 3 is 2.55 bits per heavy atom. The summed E-state index contributed by atoms with van der Waals surface area (Å²) >= 11 is 0. The number of hydrogen-bond donors (Lipinski definition) is 2. The Morgan fingerprint density at radius 1 is 1.30 bits per heavy atom. The molecule has 0 atom stereocenters. The van der Waals surface area contributed by atoms with Gasteiger partial charge in [0.25, 0.3) is 5.91 Å². The summed E-state index contributed by atoms with van der Waals surface area (Å²) in [6, 6.07) is 6.30. The summed E-state index contributed by atoms with van der Waals surface area (Å²) in [6.07, 6.45) is 2.94. The van der Waals surface area contributed by atoms with Gasteiger partial charge in [-0.3, -0.25) is 4.79 Å². The van der Waals surface area contributed by atoms with E-state index in [2.05, 4.69) is 10.6 Å². The van der Waals surface area contributed by atoms with E-state index in [1.165, 1.54) is 12.1 Å². The van der Waals surface area contributed by atoms with E-state index < -0.39 is 9.84 Å². The largest absolute Gasteiger partial charge is 0.349 e. The van der Waals surface area contributed by atoms with E-state index in [-0.39, 0.29) is 29.3 Å². The van der Waals surface area contributed by atoms with Gasteiger partial charge < -0.3 is 10.6 Å². The first-order chi connectivity index (χ1) is 8.97. The molecule has 7 heteroatoms. The van der Waals surface area contributed by atoms with Crippen molar-refractivity contribution in [2.45, 2.75) is 23.8 Å². The first kappa shape index (κ1) is 16.9. The molecular formula is C13H19ClN2O3S. The molecule has 2 N–H and O–H groups in total. The van der Waals surface area contributed by atoms with Gasteiger partial charge in [-0.05, 0) is 44.1 Å². The lowest BCUT2D eigenvalue weighted by Crippen LogP contribution is -2.42. The van der Waals surface area contributed by atoms with Crippen molar-refractivity contribution in [2.24, 2.45) is 0 Å². The lowest BCUT2D eigenvalue weighted by molar-refractivity contribution is 0.0929. The van der Waals surface area contributed by atoms with E-state index in [1.807, 2.05) is 0 Å². The van der Waals surface area contributed by atoms with Crippen LogP contribution in [0.4, 0.5) is 0 Å². The Bertz CT molecular complexity index is 569. The second kappa shape index (κ2) is 7.06. The van der Waals surface area contributed by atoms with Crippen LogP contribution in [0.5, 0.6) is 0 Å². The number of nitrogens with one attached hydrogen (secondary N) is 2. The first-order valence-corrected chi connectivity index (χ1v) is 8.17. The quantitative estimate of drug-likeness (QED) is 0.871. The van der Waals surface area contributed by atoms with Crippen molar-refractivity contribution in [2.75, 3.05) is 19.3 Å². The Morgan fingerprint density at radius 2 is 1.95 bits per heavy atom. The number of rotatable bonds is 3. The molecule has 0 aliphatic carbocycles. The van der Waals surface area contributed by atoms with Gasteiger partial charge in [-0.25, -0.2) is 8.42 Å². The van der Waals surface area contributed by atoms with Crippen LogP contribution in [0.3, 0.4) is 0 Å². The molecule has 1 fully saturated rings. The zero-order valence-corrected chi connectivity index (χ0v) is 12.9. The van der Waals surface area contributed by atoms with Crippen LogP contribution in [0.25, 0.3) is 0 Å². The zero-order chi connectivity index (χ0) is 13.9. The number of halogens is 1. The van der Waals surface area contributed by atoms with Gasteiger partial charge in [0.05, 0.1) is 4.90 Å². The summed E-state index contributed by atoms with van der Waals surface area (Å²) in [6.45, 7) is 1.79. The smallest absolute Gasteiger partial charge is 0.251 e. The van der Waals surface area contributed by atoms with Crippen LogP contribution in [0.15, 0.2) is 29.2 Å². The lowest BCUT2D eigenvalue weighted by Gasteiger charge is -2.23. The average molecular weight is 319 g/mol. The summed E-state index contributed by atoms with van der Waals surface area (Å²) in [5.41, 5.74) is 0.390. The SMILES string of the molecule is CS(=O)(=O)c1cccc(C(=O)NC2CCNCC2)c1.Cl. The van der Waals surface area contributed by atoms with Gasteiger partial charge in [0, 0.05) is 17.9 Å². The molecule has 20 heavy (non-hydrogen) atoms. The monoisotopic (exact) mass is 318 g/mol. The first-order valence-electron chi connectivity index (χ1n) is 6.28. The van der Waals surface area contributed by atoms with Gasteiger partial charge in [-0.2, -0.15) is 0 Å². The molecular weight excluding hydrogens is 300 g/mol. The molecule has 0 radical (unpaired) electrons.